The smallest absolute Gasteiger partial charge is 0.243 e. The molecule has 1 unspecified atom stereocenters. The van der Waals surface area contributed by atoms with Gasteiger partial charge in [0.15, 0.2) is 0 Å². The number of nitrogens with one attached hydrogen (secondary N) is 2. The Hall–Kier alpha value is -1.55. The molecule has 1 saturated heterocycles. The fourth-order valence-corrected chi connectivity index (χ4v) is 4.19. The van der Waals surface area contributed by atoms with Crippen molar-refractivity contribution in [3.05, 3.63) is 24.0 Å². The van der Waals surface area contributed by atoms with Gasteiger partial charge in [-0.25, -0.2) is 17.5 Å². The number of sulfonamides is 1. The molecule has 1 heterocycles. The Morgan fingerprint density at radius 2 is 1.92 bits per heavy atom. The lowest BCUT2D eigenvalue weighted by Crippen LogP contribution is -2.44. The second-order valence-electron chi connectivity index (χ2n) is 6.51. The number of hydrogen-bond donors (Lipinski definition) is 3. The highest BCUT2D eigenvalue weighted by atomic mass is 32.2. The van der Waals surface area contributed by atoms with Crippen LogP contribution in [0.15, 0.2) is 23.1 Å². The number of hydrogen-bond acceptors (Lipinski definition) is 5. The maximum Gasteiger partial charge on any atom is 0.243 e. The van der Waals surface area contributed by atoms with Crippen LogP contribution in [0.5, 0.6) is 0 Å². The van der Waals surface area contributed by atoms with E-state index >= 15 is 0 Å². The normalized spacial score (nSPS) is 20.2. The molecular formula is C16H22FN3O4S. The predicted molar refractivity (Wildman–Crippen MR) is 89.9 cm³/mol. The van der Waals surface area contributed by atoms with Crippen LogP contribution in [-0.2, 0) is 19.6 Å². The van der Waals surface area contributed by atoms with Crippen molar-refractivity contribution in [3.63, 3.8) is 0 Å². The van der Waals surface area contributed by atoms with Gasteiger partial charge in [-0.3, -0.25) is 4.79 Å². The molecule has 2 aliphatic rings. The number of anilines is 1. The zero-order valence-electron chi connectivity index (χ0n) is 13.7. The maximum atomic E-state index is 14.0. The highest BCUT2D eigenvalue weighted by molar-refractivity contribution is 7.89. The van der Waals surface area contributed by atoms with Gasteiger partial charge in [0, 0.05) is 24.9 Å². The molecule has 1 aliphatic heterocycles. The van der Waals surface area contributed by atoms with E-state index in [4.69, 9.17) is 10.5 Å². The van der Waals surface area contributed by atoms with Crippen LogP contribution >= 0.6 is 0 Å². The number of halogens is 1. The average molecular weight is 371 g/mol. The summed E-state index contributed by atoms with van der Waals surface area (Å²) in [7, 11) is -3.95. The molecule has 9 heteroatoms. The number of amides is 1. The molecule has 4 N–H and O–H groups in total. The minimum absolute atomic E-state index is 0.00827. The Bertz CT molecular complexity index is 746. The van der Waals surface area contributed by atoms with Gasteiger partial charge in [0.2, 0.25) is 15.9 Å². The van der Waals surface area contributed by atoms with E-state index in [-0.39, 0.29) is 17.6 Å². The lowest BCUT2D eigenvalue weighted by Gasteiger charge is -2.26. The first-order valence-electron chi connectivity index (χ1n) is 8.33. The van der Waals surface area contributed by atoms with Crippen molar-refractivity contribution < 1.29 is 22.3 Å². The first-order valence-corrected chi connectivity index (χ1v) is 9.81. The molecule has 1 aliphatic carbocycles. The molecule has 138 valence electrons. The Kier molecular flexibility index (Phi) is 5.38. The van der Waals surface area contributed by atoms with Crippen LogP contribution in [0.3, 0.4) is 0 Å². The lowest BCUT2D eigenvalue weighted by atomic mass is 9.92. The van der Waals surface area contributed by atoms with Crippen molar-refractivity contribution in [1.29, 1.82) is 0 Å². The number of nitrogens with two attached hydrogens (primary N) is 1. The van der Waals surface area contributed by atoms with E-state index in [1.807, 2.05) is 0 Å². The molecule has 1 atom stereocenters. The van der Waals surface area contributed by atoms with E-state index in [1.54, 1.807) is 0 Å². The Morgan fingerprint density at radius 3 is 2.56 bits per heavy atom. The fourth-order valence-electron chi connectivity index (χ4n) is 2.79. The van der Waals surface area contributed by atoms with Crippen LogP contribution in [0.1, 0.15) is 25.7 Å². The Labute approximate surface area is 146 Å². The minimum Gasteiger partial charge on any atom is -0.381 e. The molecule has 0 spiro atoms. The summed E-state index contributed by atoms with van der Waals surface area (Å²) in [6.07, 6.45) is 2.89. The van der Waals surface area contributed by atoms with Crippen LogP contribution < -0.4 is 15.8 Å². The molecule has 0 aromatic heterocycles. The number of ether oxygens (including phenoxy) is 1. The van der Waals surface area contributed by atoms with Crippen LogP contribution in [0.25, 0.3) is 0 Å². The first kappa shape index (κ1) is 18.2. The molecule has 2 fully saturated rings. The summed E-state index contributed by atoms with van der Waals surface area (Å²) in [6.45, 7) is 1.13. The van der Waals surface area contributed by atoms with Gasteiger partial charge in [-0.15, -0.1) is 0 Å². The topological polar surface area (TPSA) is 111 Å². The quantitative estimate of drug-likeness (QED) is 0.690. The standard InChI is InChI=1S/C16H22FN3O4S/c17-13-4-3-12(9-14(13)25(22,23)20-11-1-2-11)19-16(21)15(18)10-5-7-24-8-6-10/h3-4,9-11,15,20H,1-2,5-8,18H2,(H,19,21). The third kappa shape index (κ3) is 4.55. The van der Waals surface area contributed by atoms with E-state index in [9.17, 15) is 17.6 Å². The minimum atomic E-state index is -3.95. The number of rotatable bonds is 6. The van der Waals surface area contributed by atoms with Crippen molar-refractivity contribution in [2.45, 2.75) is 42.7 Å². The van der Waals surface area contributed by atoms with Gasteiger partial charge in [0.1, 0.15) is 10.7 Å². The summed E-state index contributed by atoms with van der Waals surface area (Å²) in [6, 6.07) is 2.61. The molecule has 1 aromatic rings. The molecule has 3 rings (SSSR count). The molecule has 0 bridgehead atoms. The van der Waals surface area contributed by atoms with Crippen molar-refractivity contribution in [1.82, 2.24) is 4.72 Å². The molecule has 25 heavy (non-hydrogen) atoms. The molecule has 1 aromatic carbocycles. The van der Waals surface area contributed by atoms with Gasteiger partial charge in [-0.2, -0.15) is 0 Å². The van der Waals surface area contributed by atoms with E-state index in [2.05, 4.69) is 10.0 Å². The molecular weight excluding hydrogens is 349 g/mol. The van der Waals surface area contributed by atoms with Crippen molar-refractivity contribution >= 4 is 21.6 Å². The predicted octanol–water partition coefficient (Wildman–Crippen LogP) is 0.959. The number of carbonyl (C=O) groups is 1. The van der Waals surface area contributed by atoms with Gasteiger partial charge in [-0.05, 0) is 49.8 Å². The summed E-state index contributed by atoms with van der Waals surface area (Å²) in [5.74, 6) is -1.27. The zero-order valence-corrected chi connectivity index (χ0v) is 14.5. The first-order chi connectivity index (χ1) is 11.9. The number of carbonyl (C=O) groups excluding carboxylic acids is 1. The van der Waals surface area contributed by atoms with Crippen molar-refractivity contribution in [2.75, 3.05) is 18.5 Å². The van der Waals surface area contributed by atoms with Gasteiger partial charge in [-0.1, -0.05) is 0 Å². The highest BCUT2D eigenvalue weighted by Gasteiger charge is 2.30. The second kappa shape index (κ2) is 7.36. The van der Waals surface area contributed by atoms with Gasteiger partial charge in [0.05, 0.1) is 6.04 Å². The fraction of sp³-hybridized carbons (Fsp3) is 0.562. The second-order valence-corrected chi connectivity index (χ2v) is 8.19. The van der Waals surface area contributed by atoms with E-state index in [0.29, 0.717) is 26.1 Å². The zero-order chi connectivity index (χ0) is 18.0. The molecule has 1 saturated carbocycles. The highest BCUT2D eigenvalue weighted by Crippen LogP contribution is 2.25. The lowest BCUT2D eigenvalue weighted by molar-refractivity contribution is -0.119. The summed E-state index contributed by atoms with van der Waals surface area (Å²) in [4.78, 5) is 11.8. The van der Waals surface area contributed by atoms with Crippen molar-refractivity contribution in [2.24, 2.45) is 11.7 Å². The number of benzene rings is 1. The average Bonchev–Trinajstić information content (AvgIpc) is 3.39. The third-order valence-electron chi connectivity index (χ3n) is 4.46. The van der Waals surface area contributed by atoms with Crippen molar-refractivity contribution in [3.8, 4) is 0 Å². The van der Waals surface area contributed by atoms with E-state index < -0.39 is 32.7 Å². The maximum absolute atomic E-state index is 14.0. The van der Waals surface area contributed by atoms with Gasteiger partial charge >= 0.3 is 0 Å². The third-order valence-corrected chi connectivity index (χ3v) is 6.00. The molecule has 7 nitrogen and oxygen atoms in total. The largest absolute Gasteiger partial charge is 0.381 e. The molecule has 1 amide bonds. The summed E-state index contributed by atoms with van der Waals surface area (Å²) < 4.78 is 46.1. The molecule has 0 radical (unpaired) electrons. The van der Waals surface area contributed by atoms with Crippen LogP contribution in [-0.4, -0.2) is 39.6 Å². The van der Waals surface area contributed by atoms with E-state index in [0.717, 1.165) is 25.0 Å². The van der Waals surface area contributed by atoms with Crippen LogP contribution in [0.2, 0.25) is 0 Å². The van der Waals surface area contributed by atoms with Gasteiger partial charge < -0.3 is 15.8 Å². The Balaban J connectivity index is 1.72. The Morgan fingerprint density at radius 1 is 1.24 bits per heavy atom. The van der Waals surface area contributed by atoms with Gasteiger partial charge in [0.25, 0.3) is 0 Å². The SMILES string of the molecule is NC(C(=O)Nc1ccc(F)c(S(=O)(=O)NC2CC2)c1)C1CCOCC1. The monoisotopic (exact) mass is 371 g/mol. The van der Waals surface area contributed by atoms with Crippen LogP contribution in [0, 0.1) is 11.7 Å². The van der Waals surface area contributed by atoms with Crippen LogP contribution in [0.4, 0.5) is 10.1 Å². The summed E-state index contributed by atoms with van der Waals surface area (Å²) in [5, 5.41) is 2.58. The van der Waals surface area contributed by atoms with E-state index in [1.165, 1.54) is 6.07 Å². The summed E-state index contributed by atoms with van der Waals surface area (Å²) >= 11 is 0. The summed E-state index contributed by atoms with van der Waals surface area (Å²) in [5.41, 5.74) is 6.19.